The van der Waals surface area contributed by atoms with Crippen LogP contribution >= 0.6 is 0 Å². The molecule has 0 spiro atoms. The van der Waals surface area contributed by atoms with Crippen molar-refractivity contribution >= 4 is 11.7 Å². The van der Waals surface area contributed by atoms with Crippen molar-refractivity contribution in [3.63, 3.8) is 0 Å². The molecule has 0 radical (unpaired) electrons. The number of pyridine rings is 1. The monoisotopic (exact) mass is 436 g/mol. The Kier molecular flexibility index (Phi) is 6.25. The molecular formula is C23H28N6O3. The number of carbonyl (C=O) groups is 1. The fraction of sp³-hybridized carbons (Fsp3) is 0.391. The van der Waals surface area contributed by atoms with E-state index in [1.165, 1.54) is 4.68 Å². The van der Waals surface area contributed by atoms with Crippen LogP contribution in [-0.4, -0.2) is 52.5 Å². The van der Waals surface area contributed by atoms with Crippen molar-refractivity contribution in [1.29, 1.82) is 0 Å². The van der Waals surface area contributed by atoms with Crippen LogP contribution in [0.2, 0.25) is 0 Å². The fourth-order valence-corrected chi connectivity index (χ4v) is 4.01. The van der Waals surface area contributed by atoms with Gasteiger partial charge in [0, 0.05) is 39.3 Å². The van der Waals surface area contributed by atoms with Crippen LogP contribution in [0.4, 0.5) is 5.82 Å². The smallest absolute Gasteiger partial charge is 0.346 e. The Morgan fingerprint density at radius 1 is 1.25 bits per heavy atom. The van der Waals surface area contributed by atoms with E-state index in [9.17, 15) is 9.59 Å². The lowest BCUT2D eigenvalue weighted by molar-refractivity contribution is 0.0933. The van der Waals surface area contributed by atoms with Gasteiger partial charge in [0.1, 0.15) is 17.4 Å². The number of aromatic nitrogens is 4. The minimum Gasteiger partial charge on any atom is -0.497 e. The third kappa shape index (κ3) is 4.51. The SMILES string of the molecule is COc1cccc(Cn2nc3n(c2=O)CCC(NC(=O)c2cccnc2N(C)C)CC3)c1. The highest BCUT2D eigenvalue weighted by molar-refractivity contribution is 5.99. The summed E-state index contributed by atoms with van der Waals surface area (Å²) in [6, 6.07) is 11.1. The van der Waals surface area contributed by atoms with Crippen LogP contribution in [0.25, 0.3) is 0 Å². The van der Waals surface area contributed by atoms with E-state index in [0.29, 0.717) is 37.3 Å². The second-order valence-corrected chi connectivity index (χ2v) is 8.13. The molecule has 9 nitrogen and oxygen atoms in total. The Morgan fingerprint density at radius 3 is 2.88 bits per heavy atom. The van der Waals surface area contributed by atoms with Crippen LogP contribution in [0.15, 0.2) is 47.4 Å². The number of ether oxygens (including phenoxy) is 1. The highest BCUT2D eigenvalue weighted by Crippen LogP contribution is 2.18. The number of carbonyl (C=O) groups excluding carboxylic acids is 1. The van der Waals surface area contributed by atoms with E-state index in [-0.39, 0.29) is 17.6 Å². The topological polar surface area (TPSA) is 94.3 Å². The summed E-state index contributed by atoms with van der Waals surface area (Å²) in [7, 11) is 5.34. The zero-order chi connectivity index (χ0) is 22.7. The van der Waals surface area contributed by atoms with Crippen molar-refractivity contribution in [2.24, 2.45) is 0 Å². The number of benzene rings is 1. The Balaban J connectivity index is 1.44. The molecule has 1 aliphatic heterocycles. The summed E-state index contributed by atoms with van der Waals surface area (Å²) in [6.07, 6.45) is 3.69. The molecule has 0 fully saturated rings. The molecule has 0 saturated heterocycles. The average molecular weight is 437 g/mol. The second kappa shape index (κ2) is 9.25. The summed E-state index contributed by atoms with van der Waals surface area (Å²) in [5, 5.41) is 7.68. The van der Waals surface area contributed by atoms with E-state index in [1.54, 1.807) is 30.0 Å². The zero-order valence-electron chi connectivity index (χ0n) is 18.6. The van der Waals surface area contributed by atoms with Gasteiger partial charge in [-0.15, -0.1) is 0 Å². The fourth-order valence-electron chi connectivity index (χ4n) is 4.01. The molecule has 1 aromatic carbocycles. The third-order valence-electron chi connectivity index (χ3n) is 5.67. The van der Waals surface area contributed by atoms with E-state index in [4.69, 9.17) is 4.74 Å². The van der Waals surface area contributed by atoms with Gasteiger partial charge >= 0.3 is 5.69 Å². The van der Waals surface area contributed by atoms with E-state index >= 15 is 0 Å². The molecule has 9 heteroatoms. The summed E-state index contributed by atoms with van der Waals surface area (Å²) >= 11 is 0. The van der Waals surface area contributed by atoms with Gasteiger partial charge in [0.05, 0.1) is 19.2 Å². The van der Waals surface area contributed by atoms with Crippen molar-refractivity contribution in [3.8, 4) is 5.75 Å². The van der Waals surface area contributed by atoms with Crippen LogP contribution in [0.1, 0.15) is 34.6 Å². The van der Waals surface area contributed by atoms with Gasteiger partial charge in [0.2, 0.25) is 0 Å². The molecule has 1 aliphatic rings. The molecule has 2 aromatic heterocycles. The molecule has 1 amide bonds. The maximum atomic E-state index is 12.9. The first-order valence-electron chi connectivity index (χ1n) is 10.7. The van der Waals surface area contributed by atoms with Gasteiger partial charge in [-0.2, -0.15) is 5.10 Å². The minimum absolute atomic E-state index is 0.0364. The van der Waals surface area contributed by atoms with Gasteiger partial charge in [0.15, 0.2) is 0 Å². The van der Waals surface area contributed by atoms with Gasteiger partial charge in [-0.3, -0.25) is 9.36 Å². The number of anilines is 1. The molecule has 1 unspecified atom stereocenters. The summed E-state index contributed by atoms with van der Waals surface area (Å²) < 4.78 is 8.49. The van der Waals surface area contributed by atoms with Gasteiger partial charge < -0.3 is 15.0 Å². The highest BCUT2D eigenvalue weighted by Gasteiger charge is 2.23. The molecule has 1 atom stereocenters. The van der Waals surface area contributed by atoms with Crippen molar-refractivity contribution in [1.82, 2.24) is 24.6 Å². The third-order valence-corrected chi connectivity index (χ3v) is 5.67. The molecule has 0 saturated carbocycles. The van der Waals surface area contributed by atoms with E-state index in [0.717, 1.165) is 23.6 Å². The van der Waals surface area contributed by atoms with E-state index in [1.807, 2.05) is 43.3 Å². The number of fused-ring (bicyclic) bond motifs is 1. The predicted molar refractivity (Wildman–Crippen MR) is 121 cm³/mol. The Morgan fingerprint density at radius 2 is 2.09 bits per heavy atom. The van der Waals surface area contributed by atoms with E-state index < -0.39 is 0 Å². The van der Waals surface area contributed by atoms with E-state index in [2.05, 4.69) is 15.4 Å². The summed E-state index contributed by atoms with van der Waals surface area (Å²) in [5.41, 5.74) is 1.37. The average Bonchev–Trinajstić information content (AvgIpc) is 2.95. The Hall–Kier alpha value is -3.62. The number of hydrogen-bond donors (Lipinski definition) is 1. The number of nitrogens with one attached hydrogen (secondary N) is 1. The minimum atomic E-state index is -0.151. The molecular weight excluding hydrogens is 408 g/mol. The Bertz CT molecular complexity index is 1170. The number of amides is 1. The maximum Gasteiger partial charge on any atom is 0.346 e. The summed E-state index contributed by atoms with van der Waals surface area (Å²) in [5.74, 6) is 1.99. The molecule has 32 heavy (non-hydrogen) atoms. The lowest BCUT2D eigenvalue weighted by Gasteiger charge is -2.19. The molecule has 3 heterocycles. The lowest BCUT2D eigenvalue weighted by Crippen LogP contribution is -2.36. The molecule has 3 aromatic rings. The quantitative estimate of drug-likeness (QED) is 0.632. The Labute approximate surface area is 186 Å². The van der Waals surface area contributed by atoms with Gasteiger partial charge in [-0.25, -0.2) is 14.5 Å². The predicted octanol–water partition coefficient (Wildman–Crippen LogP) is 1.70. The molecule has 4 rings (SSSR count). The van der Waals surface area contributed by atoms with Gasteiger partial charge in [-0.05, 0) is 42.7 Å². The lowest BCUT2D eigenvalue weighted by atomic mass is 10.1. The van der Waals surface area contributed by atoms with Gasteiger partial charge in [-0.1, -0.05) is 12.1 Å². The first-order chi connectivity index (χ1) is 15.5. The largest absolute Gasteiger partial charge is 0.497 e. The van der Waals surface area contributed by atoms with Crippen molar-refractivity contribution in [2.45, 2.75) is 38.4 Å². The van der Waals surface area contributed by atoms with Crippen LogP contribution in [0.5, 0.6) is 5.75 Å². The van der Waals surface area contributed by atoms with Crippen LogP contribution in [-0.2, 0) is 19.5 Å². The zero-order valence-corrected chi connectivity index (χ0v) is 18.6. The van der Waals surface area contributed by atoms with Crippen LogP contribution in [0, 0.1) is 0 Å². The first kappa shape index (κ1) is 21.6. The number of rotatable bonds is 6. The van der Waals surface area contributed by atoms with Crippen LogP contribution < -0.4 is 20.6 Å². The number of hydrogen-bond acceptors (Lipinski definition) is 6. The maximum absolute atomic E-state index is 12.9. The highest BCUT2D eigenvalue weighted by atomic mass is 16.5. The van der Waals surface area contributed by atoms with Crippen molar-refractivity contribution in [3.05, 3.63) is 70.0 Å². The number of nitrogens with zero attached hydrogens (tertiary/aromatic N) is 5. The summed E-state index contributed by atoms with van der Waals surface area (Å²) in [6.45, 7) is 0.912. The number of aryl methyl sites for hydroxylation is 1. The molecule has 0 aliphatic carbocycles. The second-order valence-electron chi connectivity index (χ2n) is 8.13. The first-order valence-corrected chi connectivity index (χ1v) is 10.7. The van der Waals surface area contributed by atoms with Crippen molar-refractivity contribution < 1.29 is 9.53 Å². The van der Waals surface area contributed by atoms with Crippen LogP contribution in [0.3, 0.4) is 0 Å². The molecule has 1 N–H and O–H groups in total. The summed E-state index contributed by atoms with van der Waals surface area (Å²) in [4.78, 5) is 31.9. The molecule has 0 bridgehead atoms. The number of methoxy groups -OCH3 is 1. The molecule has 168 valence electrons. The standard InChI is InChI=1S/C23H28N6O3/c1-27(2)21-19(8-5-12-24-21)22(30)25-17-9-10-20-26-29(23(31)28(20)13-11-17)15-16-6-4-7-18(14-16)32-3/h4-8,12,14,17H,9-11,13,15H2,1-3H3,(H,25,30). The van der Waals surface area contributed by atoms with Crippen molar-refractivity contribution in [2.75, 3.05) is 26.1 Å². The van der Waals surface area contributed by atoms with Gasteiger partial charge in [0.25, 0.3) is 5.91 Å². The normalized spacial score (nSPS) is 15.5.